The number of likely N-dealkylation sites (tertiary alicyclic amines) is 1. The zero-order valence-corrected chi connectivity index (χ0v) is 26.8. The fraction of sp³-hybridized carbons (Fsp3) is 0.417. The number of para-hydroxylation sites is 2. The molecule has 0 saturated carbocycles. The Morgan fingerprint density at radius 1 is 0.896 bits per heavy atom. The monoisotopic (exact) mass is 657 g/mol. The van der Waals surface area contributed by atoms with Gasteiger partial charge in [-0.05, 0) is 61.1 Å². The summed E-state index contributed by atoms with van der Waals surface area (Å²) in [5.41, 5.74) is 6.58. The number of anilines is 1. The number of aliphatic hydroxyl groups excluding tert-OH is 1. The first-order chi connectivity index (χ1) is 23.4. The molecule has 5 N–H and O–H groups in total. The Labute approximate surface area is 278 Å². The second-order valence-corrected chi connectivity index (χ2v) is 12.6. The molecule has 2 amide bonds. The summed E-state index contributed by atoms with van der Waals surface area (Å²) in [7, 11) is 0. The van der Waals surface area contributed by atoms with E-state index >= 15 is 0 Å². The number of carbonyl (C=O) groups excluding carboxylic acids is 2. The van der Waals surface area contributed by atoms with Gasteiger partial charge < -0.3 is 29.8 Å². The zero-order chi connectivity index (χ0) is 33.5. The molecule has 3 aromatic carbocycles. The fourth-order valence-corrected chi connectivity index (χ4v) is 6.73. The number of hydroxylamine groups is 1. The number of carbonyl (C=O) groups is 2. The van der Waals surface area contributed by atoms with E-state index in [1.165, 1.54) is 0 Å². The molecule has 254 valence electrons. The highest BCUT2D eigenvalue weighted by Crippen LogP contribution is 2.39. The SMILES string of the molecule is O=C(CCCCC(=O)Nc1cccc([C@@H]2O[C@H](CN3CCC(n4c(=O)[nH]c5ccccc54)CC3)C[C@H](c3ccc(CO)cc3)O2)c1)NO. The molecule has 0 radical (unpaired) electrons. The number of aliphatic hydroxyl groups is 1. The molecule has 4 aromatic rings. The van der Waals surface area contributed by atoms with Gasteiger partial charge in [0.1, 0.15) is 0 Å². The van der Waals surface area contributed by atoms with Gasteiger partial charge in [0.05, 0.1) is 29.8 Å². The zero-order valence-electron chi connectivity index (χ0n) is 26.8. The quantitative estimate of drug-likeness (QED) is 0.0833. The minimum absolute atomic E-state index is 0.0305. The van der Waals surface area contributed by atoms with Crippen molar-refractivity contribution in [3.05, 3.63) is 100.0 Å². The highest BCUT2D eigenvalue weighted by atomic mass is 16.7. The average Bonchev–Trinajstić information content (AvgIpc) is 3.46. The lowest BCUT2D eigenvalue weighted by Gasteiger charge is -2.40. The van der Waals surface area contributed by atoms with Crippen molar-refractivity contribution in [2.75, 3.05) is 25.0 Å². The van der Waals surface area contributed by atoms with E-state index in [4.69, 9.17) is 14.7 Å². The molecule has 0 aliphatic carbocycles. The maximum Gasteiger partial charge on any atom is 0.326 e. The molecule has 0 bridgehead atoms. The van der Waals surface area contributed by atoms with Crippen molar-refractivity contribution in [1.29, 1.82) is 0 Å². The Balaban J connectivity index is 1.12. The van der Waals surface area contributed by atoms with Crippen LogP contribution in [0.15, 0.2) is 77.6 Å². The van der Waals surface area contributed by atoms with E-state index < -0.39 is 12.2 Å². The molecule has 6 rings (SSSR count). The Morgan fingerprint density at radius 3 is 2.40 bits per heavy atom. The number of nitrogens with zero attached hydrogens (tertiary/aromatic N) is 2. The summed E-state index contributed by atoms with van der Waals surface area (Å²) >= 11 is 0. The molecule has 2 saturated heterocycles. The molecule has 3 heterocycles. The number of hydrogen-bond donors (Lipinski definition) is 5. The van der Waals surface area contributed by atoms with E-state index in [1.807, 2.05) is 77.4 Å². The molecular formula is C36H43N5O7. The van der Waals surface area contributed by atoms with Crippen LogP contribution < -0.4 is 16.5 Å². The molecule has 2 fully saturated rings. The Kier molecular flexibility index (Phi) is 11.0. The number of hydrogen-bond acceptors (Lipinski definition) is 8. The number of fused-ring (bicyclic) bond motifs is 1. The van der Waals surface area contributed by atoms with E-state index in [-0.39, 0.29) is 49.3 Å². The van der Waals surface area contributed by atoms with Gasteiger partial charge in [0.25, 0.3) is 0 Å². The van der Waals surface area contributed by atoms with Crippen molar-refractivity contribution in [2.24, 2.45) is 0 Å². The van der Waals surface area contributed by atoms with Gasteiger partial charge in [0, 0.05) is 56.2 Å². The van der Waals surface area contributed by atoms with Crippen LogP contribution in [0.25, 0.3) is 11.0 Å². The van der Waals surface area contributed by atoms with Gasteiger partial charge in [-0.1, -0.05) is 48.5 Å². The first-order valence-electron chi connectivity index (χ1n) is 16.6. The summed E-state index contributed by atoms with van der Waals surface area (Å²) < 4.78 is 15.0. The van der Waals surface area contributed by atoms with Gasteiger partial charge in [-0.15, -0.1) is 0 Å². The predicted octanol–water partition coefficient (Wildman–Crippen LogP) is 4.71. The summed E-state index contributed by atoms with van der Waals surface area (Å²) in [5, 5.41) is 21.1. The Hall–Kier alpha value is -4.33. The van der Waals surface area contributed by atoms with Crippen LogP contribution in [0.2, 0.25) is 0 Å². The van der Waals surface area contributed by atoms with Gasteiger partial charge in [-0.2, -0.15) is 0 Å². The number of benzene rings is 3. The van der Waals surface area contributed by atoms with E-state index in [9.17, 15) is 19.5 Å². The van der Waals surface area contributed by atoms with Gasteiger partial charge in [-0.25, -0.2) is 10.3 Å². The summed E-state index contributed by atoms with van der Waals surface area (Å²) in [6.45, 7) is 2.36. The number of H-pyrrole nitrogens is 1. The second-order valence-electron chi connectivity index (χ2n) is 12.6. The lowest BCUT2D eigenvalue weighted by molar-refractivity contribution is -0.253. The highest BCUT2D eigenvalue weighted by Gasteiger charge is 2.34. The Morgan fingerprint density at radius 2 is 1.65 bits per heavy atom. The maximum atomic E-state index is 12.8. The number of nitrogens with one attached hydrogen (secondary N) is 3. The van der Waals surface area contributed by atoms with Gasteiger partial charge >= 0.3 is 5.69 Å². The smallest absolute Gasteiger partial charge is 0.326 e. The van der Waals surface area contributed by atoms with Crippen LogP contribution >= 0.6 is 0 Å². The lowest BCUT2D eigenvalue weighted by atomic mass is 9.98. The summed E-state index contributed by atoms with van der Waals surface area (Å²) in [4.78, 5) is 42.0. The fourth-order valence-electron chi connectivity index (χ4n) is 6.73. The van der Waals surface area contributed by atoms with Crippen molar-refractivity contribution in [2.45, 2.75) is 76.1 Å². The van der Waals surface area contributed by atoms with Gasteiger partial charge in [0.2, 0.25) is 11.8 Å². The van der Waals surface area contributed by atoms with Crippen LogP contribution in [0, 0.1) is 0 Å². The Bertz CT molecular complexity index is 1750. The largest absolute Gasteiger partial charge is 0.392 e. The molecule has 2 aliphatic rings. The molecule has 3 atom stereocenters. The van der Waals surface area contributed by atoms with Crippen LogP contribution in [0.5, 0.6) is 0 Å². The summed E-state index contributed by atoms with van der Waals surface area (Å²) in [5.74, 6) is -0.636. The van der Waals surface area contributed by atoms with Crippen molar-refractivity contribution in [3.63, 3.8) is 0 Å². The van der Waals surface area contributed by atoms with Crippen LogP contribution in [0.4, 0.5) is 5.69 Å². The standard InChI is InChI=1S/C36H43N5O7/c42-23-24-12-14-25(15-13-24)32-21-29(22-40-18-16-28(17-19-40)41-31-9-2-1-8-30(31)38-36(41)45)47-35(48-32)26-6-5-7-27(20-26)37-33(43)10-3-4-11-34(44)39-46/h1-2,5-9,12-15,20,28-29,32,35,42,46H,3-4,10-11,16-19,21-23H2,(H,37,43)(H,38,45)(H,39,44)/t29-,32+,35+/m0/s1. The van der Waals surface area contributed by atoms with Crippen molar-refractivity contribution in [3.8, 4) is 0 Å². The minimum Gasteiger partial charge on any atom is -0.392 e. The van der Waals surface area contributed by atoms with E-state index in [0.717, 1.165) is 53.7 Å². The molecule has 12 nitrogen and oxygen atoms in total. The van der Waals surface area contributed by atoms with Crippen molar-refractivity contribution >= 4 is 28.5 Å². The van der Waals surface area contributed by atoms with E-state index in [2.05, 4.69) is 15.2 Å². The number of piperidine rings is 1. The topological polar surface area (TPSA) is 158 Å². The number of unbranched alkanes of at least 4 members (excludes halogenated alkanes) is 1. The lowest BCUT2D eigenvalue weighted by Crippen LogP contribution is -2.43. The van der Waals surface area contributed by atoms with Crippen LogP contribution in [0.3, 0.4) is 0 Å². The van der Waals surface area contributed by atoms with Crippen LogP contribution in [0.1, 0.15) is 80.1 Å². The molecule has 0 unspecified atom stereocenters. The minimum atomic E-state index is -0.664. The normalized spacial score (nSPS) is 20.5. The average molecular weight is 658 g/mol. The van der Waals surface area contributed by atoms with Crippen molar-refractivity contribution < 1.29 is 29.4 Å². The number of ether oxygens (including phenoxy) is 2. The number of rotatable bonds is 12. The number of imidazole rings is 1. The number of aromatic amines is 1. The summed E-state index contributed by atoms with van der Waals surface area (Å²) in [6, 6.07) is 23.2. The summed E-state index contributed by atoms with van der Waals surface area (Å²) in [6.07, 6.45) is 2.75. The highest BCUT2D eigenvalue weighted by molar-refractivity contribution is 5.90. The third-order valence-corrected chi connectivity index (χ3v) is 9.25. The first kappa shape index (κ1) is 33.6. The van der Waals surface area contributed by atoms with Crippen LogP contribution in [-0.4, -0.2) is 62.3 Å². The molecule has 48 heavy (non-hydrogen) atoms. The number of aromatic nitrogens is 2. The molecule has 12 heteroatoms. The predicted molar refractivity (Wildman–Crippen MR) is 179 cm³/mol. The first-order valence-corrected chi connectivity index (χ1v) is 16.6. The third kappa shape index (κ3) is 8.20. The molecule has 1 aromatic heterocycles. The van der Waals surface area contributed by atoms with Crippen molar-refractivity contribution in [1.82, 2.24) is 19.9 Å². The van der Waals surface area contributed by atoms with E-state index in [0.29, 0.717) is 31.5 Å². The van der Waals surface area contributed by atoms with Gasteiger partial charge in [-0.3, -0.25) is 19.4 Å². The molecule has 2 aliphatic heterocycles. The van der Waals surface area contributed by atoms with E-state index in [1.54, 1.807) is 5.48 Å². The second kappa shape index (κ2) is 15.7. The molecule has 0 spiro atoms. The maximum absolute atomic E-state index is 12.8. The number of amides is 2. The third-order valence-electron chi connectivity index (χ3n) is 9.25. The molecular weight excluding hydrogens is 614 g/mol. The van der Waals surface area contributed by atoms with Gasteiger partial charge in [0.15, 0.2) is 6.29 Å². The van der Waals surface area contributed by atoms with Crippen LogP contribution in [-0.2, 0) is 25.7 Å².